The minimum Gasteiger partial charge on any atom is -0.305 e. The molecule has 4 heteroatoms. The number of amides is 1. The van der Waals surface area contributed by atoms with E-state index >= 15 is 0 Å². The lowest BCUT2D eigenvalue weighted by Crippen LogP contribution is -2.16. The number of fused-ring (bicyclic) bond motifs is 2. The van der Waals surface area contributed by atoms with Gasteiger partial charge in [-0.2, -0.15) is 4.99 Å². The summed E-state index contributed by atoms with van der Waals surface area (Å²) in [5.74, 6) is 2.49. The van der Waals surface area contributed by atoms with Crippen molar-refractivity contribution in [3.63, 3.8) is 0 Å². The van der Waals surface area contributed by atoms with Crippen molar-refractivity contribution in [3.8, 4) is 12.3 Å². The first-order valence-corrected chi connectivity index (χ1v) is 10.1. The van der Waals surface area contributed by atoms with E-state index in [-0.39, 0.29) is 5.91 Å². The Hall–Kier alpha value is -2.64. The van der Waals surface area contributed by atoms with Gasteiger partial charge in [0.05, 0.1) is 16.8 Å². The Bertz CT molecular complexity index is 1160. The summed E-state index contributed by atoms with van der Waals surface area (Å²) in [5.41, 5.74) is 6.73. The SMILES string of the molecule is C#CCn1c(=NC(=O)c2ccc3c(c2)CCCC3)sc2c(C)cc(C)cc21. The van der Waals surface area contributed by atoms with Gasteiger partial charge in [0.2, 0.25) is 0 Å². The number of hydrogen-bond acceptors (Lipinski definition) is 2. The summed E-state index contributed by atoms with van der Waals surface area (Å²) in [4.78, 5) is 18.0. The molecule has 0 fully saturated rings. The predicted molar refractivity (Wildman–Crippen MR) is 111 cm³/mol. The summed E-state index contributed by atoms with van der Waals surface area (Å²) >= 11 is 1.53. The van der Waals surface area contributed by atoms with Crippen molar-refractivity contribution in [1.29, 1.82) is 0 Å². The fourth-order valence-corrected chi connectivity index (χ4v) is 4.94. The highest BCUT2D eigenvalue weighted by Crippen LogP contribution is 2.24. The molecule has 1 aliphatic rings. The van der Waals surface area contributed by atoms with E-state index in [1.807, 2.05) is 16.7 Å². The summed E-state index contributed by atoms with van der Waals surface area (Å²) in [7, 11) is 0. The normalized spacial score (nSPS) is 14.2. The van der Waals surface area contributed by atoms with Crippen molar-refractivity contribution < 1.29 is 4.79 Å². The molecule has 27 heavy (non-hydrogen) atoms. The average molecular weight is 375 g/mol. The van der Waals surface area contributed by atoms with Crippen LogP contribution in [0.4, 0.5) is 0 Å². The predicted octanol–water partition coefficient (Wildman–Crippen LogP) is 4.57. The Morgan fingerprint density at radius 1 is 1.19 bits per heavy atom. The largest absolute Gasteiger partial charge is 0.305 e. The second kappa shape index (κ2) is 7.17. The van der Waals surface area contributed by atoms with Gasteiger partial charge in [-0.15, -0.1) is 6.42 Å². The van der Waals surface area contributed by atoms with Crippen LogP contribution in [0.1, 0.15) is 45.5 Å². The molecule has 0 radical (unpaired) electrons. The van der Waals surface area contributed by atoms with E-state index in [0.717, 1.165) is 23.1 Å². The summed E-state index contributed by atoms with van der Waals surface area (Å²) in [6.45, 7) is 4.56. The maximum Gasteiger partial charge on any atom is 0.279 e. The monoisotopic (exact) mass is 374 g/mol. The zero-order chi connectivity index (χ0) is 19.0. The molecule has 136 valence electrons. The van der Waals surface area contributed by atoms with Crippen LogP contribution >= 0.6 is 11.3 Å². The van der Waals surface area contributed by atoms with Gasteiger partial charge in [-0.3, -0.25) is 4.79 Å². The fraction of sp³-hybridized carbons (Fsp3) is 0.304. The highest BCUT2D eigenvalue weighted by Gasteiger charge is 2.14. The first-order chi connectivity index (χ1) is 13.1. The lowest BCUT2D eigenvalue weighted by Gasteiger charge is -2.15. The van der Waals surface area contributed by atoms with Gasteiger partial charge in [-0.1, -0.05) is 29.4 Å². The van der Waals surface area contributed by atoms with Gasteiger partial charge in [-0.05, 0) is 80.0 Å². The zero-order valence-corrected chi connectivity index (χ0v) is 16.5. The molecule has 0 bridgehead atoms. The van der Waals surface area contributed by atoms with Crippen LogP contribution in [0.5, 0.6) is 0 Å². The van der Waals surface area contributed by atoms with Gasteiger partial charge in [0, 0.05) is 5.56 Å². The van der Waals surface area contributed by atoms with E-state index in [9.17, 15) is 4.79 Å². The lowest BCUT2D eigenvalue weighted by molar-refractivity contribution is 0.0998. The molecule has 1 amide bonds. The van der Waals surface area contributed by atoms with Crippen molar-refractivity contribution in [2.45, 2.75) is 46.1 Å². The van der Waals surface area contributed by atoms with E-state index in [1.165, 1.54) is 46.4 Å². The van der Waals surface area contributed by atoms with Crippen LogP contribution in [0, 0.1) is 26.2 Å². The molecule has 0 N–H and O–H groups in total. The summed E-state index contributed by atoms with van der Waals surface area (Å²) in [6.07, 6.45) is 10.2. The summed E-state index contributed by atoms with van der Waals surface area (Å²) in [5, 5.41) is 0. The highest BCUT2D eigenvalue weighted by atomic mass is 32.1. The van der Waals surface area contributed by atoms with Crippen molar-refractivity contribution >= 4 is 27.5 Å². The summed E-state index contributed by atoms with van der Waals surface area (Å²) in [6, 6.07) is 10.3. The third-order valence-corrected chi connectivity index (χ3v) is 6.39. The molecule has 1 heterocycles. The number of carbonyl (C=O) groups excluding carboxylic acids is 1. The second-order valence-electron chi connectivity index (χ2n) is 7.21. The van der Waals surface area contributed by atoms with E-state index in [0.29, 0.717) is 16.9 Å². The molecule has 0 atom stereocenters. The average Bonchev–Trinajstić information content (AvgIpc) is 2.99. The first-order valence-electron chi connectivity index (χ1n) is 9.32. The molecule has 1 aliphatic carbocycles. The summed E-state index contributed by atoms with van der Waals surface area (Å²) < 4.78 is 3.10. The van der Waals surface area contributed by atoms with Gasteiger partial charge in [-0.25, -0.2) is 0 Å². The molecule has 0 aliphatic heterocycles. The molecular weight excluding hydrogens is 352 g/mol. The quantitative estimate of drug-likeness (QED) is 0.605. The number of terminal acetylenes is 1. The number of nitrogens with zero attached hydrogens (tertiary/aromatic N) is 2. The van der Waals surface area contributed by atoms with Crippen LogP contribution < -0.4 is 4.80 Å². The van der Waals surface area contributed by atoms with Crippen LogP contribution in [0.3, 0.4) is 0 Å². The van der Waals surface area contributed by atoms with Crippen molar-refractivity contribution in [2.75, 3.05) is 0 Å². The number of benzene rings is 2. The topological polar surface area (TPSA) is 34.4 Å². The van der Waals surface area contributed by atoms with Crippen LogP contribution in [0.15, 0.2) is 35.3 Å². The molecule has 4 rings (SSSR count). The van der Waals surface area contributed by atoms with Crippen molar-refractivity contribution in [3.05, 3.63) is 63.0 Å². The van der Waals surface area contributed by atoms with Gasteiger partial charge < -0.3 is 4.57 Å². The number of carbonyl (C=O) groups is 1. The van der Waals surface area contributed by atoms with Crippen molar-refractivity contribution in [1.82, 2.24) is 4.57 Å². The Morgan fingerprint density at radius 3 is 2.74 bits per heavy atom. The number of aryl methyl sites for hydroxylation is 4. The molecular formula is C23H22N2OS. The second-order valence-corrected chi connectivity index (χ2v) is 8.19. The molecule has 0 saturated carbocycles. The number of aromatic nitrogens is 1. The molecule has 3 aromatic rings. The molecule has 2 aromatic carbocycles. The van der Waals surface area contributed by atoms with Crippen LogP contribution in [-0.4, -0.2) is 10.5 Å². The minimum atomic E-state index is -0.199. The lowest BCUT2D eigenvalue weighted by atomic mass is 9.90. The Balaban J connectivity index is 1.82. The Labute approximate surface area is 163 Å². The van der Waals surface area contributed by atoms with Crippen molar-refractivity contribution in [2.24, 2.45) is 4.99 Å². The molecule has 0 unspecified atom stereocenters. The van der Waals surface area contributed by atoms with E-state index < -0.39 is 0 Å². The van der Waals surface area contributed by atoms with Gasteiger partial charge in [0.25, 0.3) is 5.91 Å². The molecule has 1 aromatic heterocycles. The number of thiazole rings is 1. The van der Waals surface area contributed by atoms with Gasteiger partial charge in [0.15, 0.2) is 4.80 Å². The Morgan fingerprint density at radius 2 is 1.96 bits per heavy atom. The maximum atomic E-state index is 12.9. The van der Waals surface area contributed by atoms with E-state index in [1.54, 1.807) is 0 Å². The van der Waals surface area contributed by atoms with Gasteiger partial charge >= 0.3 is 0 Å². The third kappa shape index (κ3) is 3.36. The maximum absolute atomic E-state index is 12.9. The molecule has 0 saturated heterocycles. The van der Waals surface area contributed by atoms with Crippen LogP contribution in [0.25, 0.3) is 10.2 Å². The highest BCUT2D eigenvalue weighted by molar-refractivity contribution is 7.16. The van der Waals surface area contributed by atoms with Crippen LogP contribution in [0.2, 0.25) is 0 Å². The minimum absolute atomic E-state index is 0.199. The fourth-order valence-electron chi connectivity index (χ4n) is 3.86. The van der Waals surface area contributed by atoms with E-state index in [4.69, 9.17) is 6.42 Å². The molecule has 3 nitrogen and oxygen atoms in total. The van der Waals surface area contributed by atoms with Gasteiger partial charge in [0.1, 0.15) is 0 Å². The molecule has 0 spiro atoms. The standard InChI is InChI=1S/C23H22N2OS/c1-4-11-25-20-13-15(2)12-16(3)21(20)27-23(25)24-22(26)19-10-9-17-7-5-6-8-18(17)14-19/h1,9-10,12-14H,5-8,11H2,2-3H3. The van der Waals surface area contributed by atoms with Crippen LogP contribution in [-0.2, 0) is 19.4 Å². The smallest absolute Gasteiger partial charge is 0.279 e. The zero-order valence-electron chi connectivity index (χ0n) is 15.7. The number of rotatable bonds is 2. The van der Waals surface area contributed by atoms with E-state index in [2.05, 4.69) is 43.0 Å². The number of hydrogen-bond donors (Lipinski definition) is 0. The first kappa shape index (κ1) is 17.8. The third-order valence-electron chi connectivity index (χ3n) is 5.16. The Kier molecular flexibility index (Phi) is 4.72.